The molecule has 8 heteroatoms. The Kier molecular flexibility index (Phi) is 4480. The first-order valence-corrected chi connectivity index (χ1v) is 0. The molecule has 0 fully saturated rings. The smallest absolute Gasteiger partial charge is 2.00 e. The Balaban J connectivity index is 0. The fraction of sp³-hybridized carbons (Fsp3) is 0. The molecule has 0 saturated carbocycles. The van der Waals surface area contributed by atoms with Crippen LogP contribution in [-0.4, -0.2) is 0 Å². The van der Waals surface area contributed by atoms with Gasteiger partial charge in [0.15, 0.2) is 0 Å². The molecule has 0 atom stereocenters. The molecule has 0 aromatic heterocycles. The molecule has 0 N–H and O–H groups in total. The Labute approximate surface area is 89.7 Å². The minimum Gasteiger partial charge on any atom is -2.00 e. The maximum atomic E-state index is 0. The summed E-state index contributed by atoms with van der Waals surface area (Å²) in [5.41, 5.74) is 0. The molecule has 5 nitrogen and oxygen atoms in total. The SMILES string of the molecule is [Li+].[O-2].[O-2].[O-2].[O-2].[O-2].[Ta+5].[Ti+4]. The van der Waals surface area contributed by atoms with Crippen LogP contribution in [0.15, 0.2) is 0 Å². The Bertz CT molecular complexity index is 12.4. The van der Waals surface area contributed by atoms with Gasteiger partial charge in [0, 0.05) is 0 Å². The van der Waals surface area contributed by atoms with E-state index in [0.717, 1.165) is 0 Å². The van der Waals surface area contributed by atoms with E-state index in [-0.39, 0.29) is 90.3 Å². The van der Waals surface area contributed by atoms with Crippen LogP contribution in [0.4, 0.5) is 0 Å². The van der Waals surface area contributed by atoms with Crippen molar-refractivity contribution in [2.24, 2.45) is 0 Å². The molecule has 0 aliphatic heterocycles. The van der Waals surface area contributed by atoms with E-state index in [1.54, 1.807) is 0 Å². The molecule has 8 heavy (non-hydrogen) atoms. The van der Waals surface area contributed by atoms with Gasteiger partial charge in [-0.05, 0) is 0 Å². The average Bonchev–Trinajstić information content (AvgIpc) is 0. The Hall–Kier alpha value is 1.85. The standard InChI is InChI=1S/Li.5O.Ta.Ti/q+1;5*-2;+5;+4. The summed E-state index contributed by atoms with van der Waals surface area (Å²) in [5.74, 6) is 0. The summed E-state index contributed by atoms with van der Waals surface area (Å²) < 4.78 is 0. The summed E-state index contributed by atoms with van der Waals surface area (Å²) in [6, 6.07) is 0. The van der Waals surface area contributed by atoms with Crippen LogP contribution in [0.3, 0.4) is 0 Å². The largest absolute Gasteiger partial charge is 5.00 e. The molecule has 0 radical (unpaired) electrons. The second kappa shape index (κ2) is 159. The molecule has 0 spiro atoms. The molecule has 0 aromatic rings. The first kappa shape index (κ1) is 225. The van der Waals surface area contributed by atoms with Gasteiger partial charge in [0.2, 0.25) is 0 Å². The molecule has 0 aliphatic carbocycles. The van der Waals surface area contributed by atoms with Crippen molar-refractivity contribution in [2.45, 2.75) is 0 Å². The third kappa shape index (κ3) is 107. The van der Waals surface area contributed by atoms with Crippen LogP contribution in [0.25, 0.3) is 0 Å². The van der Waals surface area contributed by atoms with Crippen molar-refractivity contribution in [3.63, 3.8) is 0 Å². The summed E-state index contributed by atoms with van der Waals surface area (Å²) in [7, 11) is 0. The van der Waals surface area contributed by atoms with E-state index >= 15 is 0 Å². The Morgan fingerprint density at radius 2 is 0.500 bits per heavy atom. The zero-order valence-corrected chi connectivity index (χ0v) is 8.76. The summed E-state index contributed by atoms with van der Waals surface area (Å²) in [4.78, 5) is 0. The van der Waals surface area contributed by atoms with Crippen molar-refractivity contribution >= 4 is 0 Å². The summed E-state index contributed by atoms with van der Waals surface area (Å²) in [6.07, 6.45) is 0. The van der Waals surface area contributed by atoms with Crippen LogP contribution in [-0.2, 0) is 71.5 Å². The van der Waals surface area contributed by atoms with Crippen LogP contribution in [0, 0.1) is 0 Å². The normalized spacial score (nSPS) is 0. The van der Waals surface area contributed by atoms with Crippen molar-refractivity contribution in [3.8, 4) is 0 Å². The van der Waals surface area contributed by atoms with Gasteiger partial charge in [0.25, 0.3) is 0 Å². The van der Waals surface area contributed by atoms with Crippen LogP contribution < -0.4 is 18.9 Å². The number of hydrogen-bond acceptors (Lipinski definition) is 0. The van der Waals surface area contributed by atoms with Crippen LogP contribution in [0.2, 0.25) is 0 Å². The third-order valence-electron chi connectivity index (χ3n) is 0. The first-order chi connectivity index (χ1) is 0. The van der Waals surface area contributed by atoms with Gasteiger partial charge in [-0.3, -0.25) is 0 Å². The van der Waals surface area contributed by atoms with Crippen molar-refractivity contribution in [2.75, 3.05) is 0 Å². The molecule has 0 rings (SSSR count). The second-order valence-corrected chi connectivity index (χ2v) is 0. The van der Waals surface area contributed by atoms with Crippen molar-refractivity contribution in [1.82, 2.24) is 0 Å². The molecule has 0 bridgehead atoms. The van der Waals surface area contributed by atoms with Crippen LogP contribution in [0.5, 0.6) is 0 Å². The van der Waals surface area contributed by atoms with E-state index in [1.165, 1.54) is 0 Å². The van der Waals surface area contributed by atoms with Gasteiger partial charge in [0.05, 0.1) is 0 Å². The summed E-state index contributed by atoms with van der Waals surface area (Å²) >= 11 is 0. The zero-order chi connectivity index (χ0) is 0. The fourth-order valence-corrected chi connectivity index (χ4v) is 0. The quantitative estimate of drug-likeness (QED) is 0.407. The fourth-order valence-electron chi connectivity index (χ4n) is 0. The monoisotopic (exact) mass is 316 g/mol. The second-order valence-electron chi connectivity index (χ2n) is 0. The van der Waals surface area contributed by atoms with E-state index in [9.17, 15) is 0 Å². The van der Waals surface area contributed by atoms with Gasteiger partial charge < -0.3 is 27.4 Å². The number of rotatable bonds is 0. The van der Waals surface area contributed by atoms with Gasteiger partial charge in [-0.15, -0.1) is 0 Å². The van der Waals surface area contributed by atoms with Gasteiger partial charge in [-0.2, -0.15) is 0 Å². The molecule has 0 unspecified atom stereocenters. The van der Waals surface area contributed by atoms with E-state index in [0.29, 0.717) is 0 Å². The molecule has 0 amide bonds. The van der Waals surface area contributed by atoms with E-state index < -0.39 is 0 Å². The van der Waals surface area contributed by atoms with Crippen LogP contribution >= 0.6 is 0 Å². The van der Waals surface area contributed by atoms with Crippen molar-refractivity contribution in [1.29, 1.82) is 0 Å². The Morgan fingerprint density at radius 1 is 0.500 bits per heavy atom. The zero-order valence-electron chi connectivity index (χ0n) is 3.99. The molecule has 0 heterocycles. The summed E-state index contributed by atoms with van der Waals surface area (Å²) in [6.45, 7) is 0. The van der Waals surface area contributed by atoms with E-state index in [2.05, 4.69) is 0 Å². The maximum Gasteiger partial charge on any atom is 5.00 e. The van der Waals surface area contributed by atoms with Crippen molar-refractivity contribution < 1.29 is 90.3 Å². The number of hydrogen-bond donors (Lipinski definition) is 0. The molecule has 0 saturated heterocycles. The predicted molar refractivity (Wildman–Crippen MR) is 3.43 cm³/mol. The Morgan fingerprint density at radius 3 is 0.500 bits per heavy atom. The van der Waals surface area contributed by atoms with Crippen LogP contribution in [0.1, 0.15) is 0 Å². The van der Waals surface area contributed by atoms with Gasteiger partial charge >= 0.3 is 63.0 Å². The van der Waals surface area contributed by atoms with E-state index in [4.69, 9.17) is 0 Å². The van der Waals surface area contributed by atoms with E-state index in [1.807, 2.05) is 0 Å². The minimum atomic E-state index is 0. The maximum absolute atomic E-state index is 0. The molecule has 0 aromatic carbocycles. The molecule has 40 valence electrons. The topological polar surface area (TPSA) is 142 Å². The molecule has 0 aliphatic rings. The van der Waals surface area contributed by atoms with Crippen molar-refractivity contribution in [3.05, 3.63) is 0 Å². The van der Waals surface area contributed by atoms with Gasteiger partial charge in [0.1, 0.15) is 0 Å². The van der Waals surface area contributed by atoms with Gasteiger partial charge in [-0.25, -0.2) is 0 Å². The first-order valence-electron chi connectivity index (χ1n) is 0. The average molecular weight is 316 g/mol. The van der Waals surface area contributed by atoms with Gasteiger partial charge in [-0.1, -0.05) is 0 Å². The predicted octanol–water partition coefficient (Wildman–Crippen LogP) is -3.59. The summed E-state index contributed by atoms with van der Waals surface area (Å²) in [5, 5.41) is 0. The molecular weight excluding hydrogens is 316 g/mol. The minimum absolute atomic E-state index is 0. The molecular formula is LiO5TaTi. The third-order valence-corrected chi connectivity index (χ3v) is 0.